The van der Waals surface area contributed by atoms with E-state index < -0.39 is 293 Å². The Hall–Kier alpha value is -6.90. The summed E-state index contributed by atoms with van der Waals surface area (Å²) in [6, 6.07) is -34.2. The Bertz CT molecular complexity index is 4700. The quantitative estimate of drug-likeness (QED) is 0.172. The van der Waals surface area contributed by atoms with Gasteiger partial charge in [0.1, 0.15) is 11.2 Å². The van der Waals surface area contributed by atoms with Crippen LogP contribution in [0.1, 0.15) is 45.2 Å². The third-order valence-electron chi connectivity index (χ3n) is 7.75. The van der Waals surface area contributed by atoms with E-state index in [0.717, 1.165) is 0 Å². The minimum atomic E-state index is -1.33. The molecule has 0 unspecified atom stereocenters. The number of rotatable bonds is 6. The molecule has 0 amide bonds. The monoisotopic (exact) mass is 696 g/mol. The smallest absolute Gasteiger partial charge is 0.143 e. The van der Waals surface area contributed by atoms with Crippen LogP contribution < -0.4 is 4.90 Å². The number of hydrogen-bond acceptors (Lipinski definition) is 2. The van der Waals surface area contributed by atoms with Crippen molar-refractivity contribution < 1.29 is 49.7 Å². The van der Waals surface area contributed by atoms with Crippen molar-refractivity contribution in [1.29, 1.82) is 0 Å². The molecule has 0 bridgehead atoms. The fourth-order valence-corrected chi connectivity index (χ4v) is 5.38. The van der Waals surface area contributed by atoms with Crippen LogP contribution in [0.2, 0.25) is 0 Å². The standard InChI is InChI=1S/C50H33NO/c1-2-9-34(10-3-1)36-17-19-37(20-18-36)38-23-28-43(29-24-38)51(44-30-25-39(26-31-44)42-22-21-35-11-4-5-13-41(35)33-42)47-15-8-16-48-49(47)46-32-27-40-12-6-7-14-45(40)50(46)52-48/h1-33H/i1D,2D,3D,4D,5D,6D,7D,8D,9D,10D,11D,12D,13D,14D,15D,16D,17D,18D,19D,20D,21D,22D,23D,24D,25D,26D,27D,28D,29D,30D,31D,32D,33D. The molecule has 0 radical (unpaired) electrons. The summed E-state index contributed by atoms with van der Waals surface area (Å²) in [7, 11) is 0. The van der Waals surface area contributed by atoms with Crippen LogP contribution in [0.15, 0.2) is 204 Å². The lowest BCUT2D eigenvalue weighted by molar-refractivity contribution is 0.672. The number of nitrogens with zero attached hydrogens (tertiary/aromatic N) is 1. The number of anilines is 3. The Balaban J connectivity index is 1.39. The van der Waals surface area contributed by atoms with Crippen molar-refractivity contribution in [2.45, 2.75) is 0 Å². The molecule has 0 aliphatic rings. The van der Waals surface area contributed by atoms with Crippen LogP contribution in [0.3, 0.4) is 0 Å². The lowest BCUT2D eigenvalue weighted by Gasteiger charge is -2.26. The van der Waals surface area contributed by atoms with E-state index >= 15 is 0 Å². The summed E-state index contributed by atoms with van der Waals surface area (Å²) >= 11 is 0. The van der Waals surface area contributed by atoms with Crippen LogP contribution in [0, 0.1) is 0 Å². The molecular formula is C50H33NO. The van der Waals surface area contributed by atoms with Crippen molar-refractivity contribution in [3.05, 3.63) is 199 Å². The Labute approximate surface area is 348 Å². The molecule has 10 rings (SSSR count). The van der Waals surface area contributed by atoms with Gasteiger partial charge in [-0.25, -0.2) is 0 Å². The molecule has 0 spiro atoms. The van der Waals surface area contributed by atoms with Crippen LogP contribution in [0.25, 0.3) is 76.9 Å². The van der Waals surface area contributed by atoms with E-state index in [-0.39, 0.29) is 0 Å². The fraction of sp³-hybridized carbons (Fsp3) is 0. The minimum absolute atomic E-state index is 0.367. The summed E-state index contributed by atoms with van der Waals surface area (Å²) in [6.07, 6.45) is 0. The molecule has 2 heteroatoms. The molecule has 0 N–H and O–H groups in total. The molecule has 0 aliphatic heterocycles. The number of benzene rings is 9. The zero-order valence-electron chi connectivity index (χ0n) is 58.9. The second kappa shape index (κ2) is 12.5. The molecular weight excluding hydrogens is 631 g/mol. The highest BCUT2D eigenvalue weighted by molar-refractivity contribution is 6.19. The summed E-state index contributed by atoms with van der Waals surface area (Å²) in [5.41, 5.74) is -10.3. The second-order valence-electron chi connectivity index (χ2n) is 10.8. The number of hydrogen-bond donors (Lipinski definition) is 0. The van der Waals surface area contributed by atoms with E-state index in [2.05, 4.69) is 0 Å². The van der Waals surface area contributed by atoms with Crippen molar-refractivity contribution in [2.24, 2.45) is 0 Å². The largest absolute Gasteiger partial charge is 0.455 e. The molecule has 244 valence electrons. The van der Waals surface area contributed by atoms with Crippen LogP contribution in [0.4, 0.5) is 17.1 Å². The van der Waals surface area contributed by atoms with Gasteiger partial charge in [0, 0.05) is 22.1 Å². The molecule has 10 aromatic rings. The van der Waals surface area contributed by atoms with Crippen molar-refractivity contribution in [2.75, 3.05) is 4.90 Å². The Morgan fingerprint density at radius 1 is 0.365 bits per heavy atom. The molecule has 1 aromatic heterocycles. The fourth-order valence-electron chi connectivity index (χ4n) is 5.38. The maximum absolute atomic E-state index is 9.71. The summed E-state index contributed by atoms with van der Waals surface area (Å²) in [4.78, 5) is 0.367. The first kappa shape index (κ1) is 11.6. The van der Waals surface area contributed by atoms with Gasteiger partial charge in [-0.05, 0) is 97.9 Å². The van der Waals surface area contributed by atoms with Gasteiger partial charge in [0.05, 0.1) is 56.3 Å². The van der Waals surface area contributed by atoms with Crippen molar-refractivity contribution in [1.82, 2.24) is 0 Å². The van der Waals surface area contributed by atoms with E-state index in [1.807, 2.05) is 0 Å². The molecule has 0 saturated carbocycles. The highest BCUT2D eigenvalue weighted by Crippen LogP contribution is 2.45. The molecule has 9 aromatic carbocycles. The highest BCUT2D eigenvalue weighted by Gasteiger charge is 2.20. The number of fused-ring (bicyclic) bond motifs is 6. The topological polar surface area (TPSA) is 16.4 Å². The average molecular weight is 697 g/mol. The van der Waals surface area contributed by atoms with Gasteiger partial charge < -0.3 is 9.32 Å². The van der Waals surface area contributed by atoms with E-state index in [1.165, 1.54) is 0 Å². The molecule has 0 saturated heterocycles. The maximum Gasteiger partial charge on any atom is 0.143 e. The van der Waals surface area contributed by atoms with Crippen molar-refractivity contribution in [3.8, 4) is 33.4 Å². The van der Waals surface area contributed by atoms with Crippen molar-refractivity contribution in [3.63, 3.8) is 0 Å². The Morgan fingerprint density at radius 2 is 0.885 bits per heavy atom. The van der Waals surface area contributed by atoms with Gasteiger partial charge >= 0.3 is 0 Å². The first-order valence-corrected chi connectivity index (χ1v) is 15.1. The molecule has 0 aliphatic carbocycles. The zero-order chi connectivity index (χ0) is 63.2. The van der Waals surface area contributed by atoms with Crippen LogP contribution in [-0.2, 0) is 0 Å². The SMILES string of the molecule is [2H]c1c([2H])c([2H])c(-c2c([2H])c([2H])c(-c3c([2H])c([2H])c(N(c4c([2H])c([2H])c(-c5c([2H])c([2H])c6c([2H])c([2H])c([2H])c([2H])c6c5[2H])c([2H])c4[2H])c4c([2H])c([2H])c([2H])c5oc6c7c([2H])c([2H])c([2H])c([2H])c7c([2H])c([2H])c6c45)c([2H])c3[2H])c([2H])c2[2H])c([2H])c1[2H]. The van der Waals surface area contributed by atoms with E-state index in [9.17, 15) is 15.1 Å². The predicted molar refractivity (Wildman–Crippen MR) is 220 cm³/mol. The predicted octanol–water partition coefficient (Wildman–Crippen LogP) is 14.4. The van der Waals surface area contributed by atoms with Crippen molar-refractivity contribution >= 4 is 60.5 Å². The molecule has 0 fully saturated rings. The normalized spacial score (nSPS) is 20.3. The van der Waals surface area contributed by atoms with Gasteiger partial charge in [0.2, 0.25) is 0 Å². The van der Waals surface area contributed by atoms with E-state index in [1.54, 1.807) is 0 Å². The van der Waals surface area contributed by atoms with Gasteiger partial charge in [-0.3, -0.25) is 0 Å². The summed E-state index contributed by atoms with van der Waals surface area (Å²) in [5, 5.41) is -3.86. The molecule has 52 heavy (non-hydrogen) atoms. The number of furan rings is 1. The first-order valence-electron chi connectivity index (χ1n) is 31.6. The third-order valence-corrected chi connectivity index (χ3v) is 7.75. The lowest BCUT2D eigenvalue weighted by Crippen LogP contribution is -2.10. The van der Waals surface area contributed by atoms with E-state index in [0.29, 0.717) is 4.90 Å². The molecule has 2 nitrogen and oxygen atoms in total. The Kier molecular flexibility index (Phi) is 2.77. The van der Waals surface area contributed by atoms with Crippen LogP contribution in [-0.4, -0.2) is 0 Å². The van der Waals surface area contributed by atoms with Gasteiger partial charge in [0.25, 0.3) is 0 Å². The second-order valence-corrected chi connectivity index (χ2v) is 10.8. The average Bonchev–Trinajstić information content (AvgIpc) is 1.74. The highest BCUT2D eigenvalue weighted by atomic mass is 16.3. The van der Waals surface area contributed by atoms with Gasteiger partial charge in [-0.1, -0.05) is 151 Å². The zero-order valence-corrected chi connectivity index (χ0v) is 25.9. The molecule has 0 atom stereocenters. The minimum Gasteiger partial charge on any atom is -0.455 e. The molecule has 1 heterocycles. The maximum atomic E-state index is 9.71. The summed E-state index contributed by atoms with van der Waals surface area (Å²) in [6.45, 7) is 0. The van der Waals surface area contributed by atoms with Crippen LogP contribution in [0.5, 0.6) is 0 Å². The summed E-state index contributed by atoms with van der Waals surface area (Å²) in [5.74, 6) is 0. The van der Waals surface area contributed by atoms with Gasteiger partial charge in [-0.15, -0.1) is 0 Å². The van der Waals surface area contributed by atoms with Crippen LogP contribution >= 0.6 is 0 Å². The van der Waals surface area contributed by atoms with Gasteiger partial charge in [0.15, 0.2) is 0 Å². The van der Waals surface area contributed by atoms with E-state index in [4.69, 9.17) is 34.6 Å². The lowest BCUT2D eigenvalue weighted by atomic mass is 9.99. The first-order chi connectivity index (χ1) is 39.5. The van der Waals surface area contributed by atoms with Gasteiger partial charge in [-0.2, -0.15) is 0 Å². The summed E-state index contributed by atoms with van der Waals surface area (Å²) < 4.78 is 302. The Morgan fingerprint density at radius 3 is 1.58 bits per heavy atom. The third kappa shape index (κ3) is 5.21.